The van der Waals surface area contributed by atoms with Gasteiger partial charge in [-0.05, 0) is 47.9 Å². The SMILES string of the molecule is COC(=O)C(c1ccccc1)n1cnc2scc(-c3ccc4c(c3)CCCC4)c2c1=O. The molecule has 31 heavy (non-hydrogen) atoms. The Morgan fingerprint density at radius 1 is 1.10 bits per heavy atom. The lowest BCUT2D eigenvalue weighted by molar-refractivity contribution is -0.143. The minimum absolute atomic E-state index is 0.238. The Kier molecular flexibility index (Phi) is 5.16. The number of rotatable bonds is 4. The predicted molar refractivity (Wildman–Crippen MR) is 123 cm³/mol. The van der Waals surface area contributed by atoms with E-state index in [1.165, 1.54) is 53.3 Å². The summed E-state index contributed by atoms with van der Waals surface area (Å²) >= 11 is 1.45. The lowest BCUT2D eigenvalue weighted by atomic mass is 9.89. The topological polar surface area (TPSA) is 61.2 Å². The molecule has 156 valence electrons. The Bertz CT molecular complexity index is 1320. The van der Waals surface area contributed by atoms with Gasteiger partial charge in [-0.1, -0.05) is 48.5 Å². The number of aromatic nitrogens is 2. The van der Waals surface area contributed by atoms with Gasteiger partial charge >= 0.3 is 5.97 Å². The molecule has 0 fully saturated rings. The Morgan fingerprint density at radius 3 is 2.65 bits per heavy atom. The van der Waals surface area contributed by atoms with Crippen LogP contribution >= 0.6 is 11.3 Å². The highest BCUT2D eigenvalue weighted by Gasteiger charge is 2.26. The highest BCUT2D eigenvalue weighted by atomic mass is 32.1. The van der Waals surface area contributed by atoms with E-state index in [-0.39, 0.29) is 5.56 Å². The van der Waals surface area contributed by atoms with E-state index in [4.69, 9.17) is 4.74 Å². The number of benzene rings is 2. The van der Waals surface area contributed by atoms with Crippen molar-refractivity contribution in [2.75, 3.05) is 7.11 Å². The maximum Gasteiger partial charge on any atom is 0.333 e. The summed E-state index contributed by atoms with van der Waals surface area (Å²) in [5, 5.41) is 2.54. The molecule has 2 heterocycles. The Labute approximate surface area is 184 Å². The van der Waals surface area contributed by atoms with Crippen molar-refractivity contribution in [1.82, 2.24) is 9.55 Å². The van der Waals surface area contributed by atoms with Crippen LogP contribution in [0, 0.1) is 0 Å². The zero-order valence-electron chi connectivity index (χ0n) is 17.2. The van der Waals surface area contributed by atoms with E-state index >= 15 is 0 Å². The van der Waals surface area contributed by atoms with Gasteiger partial charge in [0.1, 0.15) is 11.2 Å². The number of aryl methyl sites for hydroxylation is 2. The van der Waals surface area contributed by atoms with Gasteiger partial charge in [0.05, 0.1) is 12.5 Å². The standard InChI is InChI=1S/C25H22N2O3S/c1-30-25(29)22(17-8-3-2-4-9-17)27-15-26-23-21(24(27)28)20(14-31-23)19-12-11-16-7-5-6-10-18(16)13-19/h2-4,8-9,11-15,22H,5-7,10H2,1H3. The molecule has 2 aromatic heterocycles. The highest BCUT2D eigenvalue weighted by Crippen LogP contribution is 2.34. The normalized spacial score (nSPS) is 14.2. The van der Waals surface area contributed by atoms with Gasteiger partial charge in [-0.25, -0.2) is 9.78 Å². The van der Waals surface area contributed by atoms with Gasteiger partial charge in [0.2, 0.25) is 0 Å². The molecule has 0 amide bonds. The Hall–Kier alpha value is -3.25. The van der Waals surface area contributed by atoms with Crippen LogP contribution in [-0.2, 0) is 22.4 Å². The first-order chi connectivity index (χ1) is 15.2. The first kappa shape index (κ1) is 19.7. The number of methoxy groups -OCH3 is 1. The molecule has 5 nitrogen and oxygen atoms in total. The molecule has 1 atom stereocenters. The molecule has 1 unspecified atom stereocenters. The molecule has 0 saturated heterocycles. The number of fused-ring (bicyclic) bond motifs is 2. The summed E-state index contributed by atoms with van der Waals surface area (Å²) in [6.07, 6.45) is 6.08. The van der Waals surface area contributed by atoms with Crippen LogP contribution in [-0.4, -0.2) is 22.6 Å². The van der Waals surface area contributed by atoms with Gasteiger partial charge in [0.25, 0.3) is 5.56 Å². The van der Waals surface area contributed by atoms with Crippen LogP contribution in [0.3, 0.4) is 0 Å². The minimum atomic E-state index is -0.883. The van der Waals surface area contributed by atoms with E-state index in [9.17, 15) is 9.59 Å². The summed E-state index contributed by atoms with van der Waals surface area (Å²) in [6.45, 7) is 0. The molecule has 6 heteroatoms. The molecule has 5 rings (SSSR count). The van der Waals surface area contributed by atoms with Crippen molar-refractivity contribution in [2.45, 2.75) is 31.7 Å². The number of hydrogen-bond donors (Lipinski definition) is 0. The fourth-order valence-corrected chi connectivity index (χ4v) is 5.31. The van der Waals surface area contributed by atoms with Crippen molar-refractivity contribution in [1.29, 1.82) is 0 Å². The summed E-state index contributed by atoms with van der Waals surface area (Å²) < 4.78 is 6.41. The molecule has 0 bridgehead atoms. The van der Waals surface area contributed by atoms with Gasteiger partial charge < -0.3 is 4.74 Å². The van der Waals surface area contributed by atoms with Crippen LogP contribution in [0.25, 0.3) is 21.3 Å². The molecule has 1 aliphatic carbocycles. The van der Waals surface area contributed by atoms with Crippen molar-refractivity contribution >= 4 is 27.5 Å². The summed E-state index contributed by atoms with van der Waals surface area (Å²) in [5.74, 6) is -0.500. The van der Waals surface area contributed by atoms with Crippen LogP contribution in [0.15, 0.2) is 65.0 Å². The summed E-state index contributed by atoms with van der Waals surface area (Å²) in [5.41, 5.74) is 5.11. The minimum Gasteiger partial charge on any atom is -0.467 e. The van der Waals surface area contributed by atoms with Crippen LogP contribution in [0.5, 0.6) is 0 Å². The second kappa shape index (κ2) is 8.12. The maximum absolute atomic E-state index is 13.6. The predicted octanol–water partition coefficient (Wildman–Crippen LogP) is 4.77. The maximum atomic E-state index is 13.6. The Morgan fingerprint density at radius 2 is 1.87 bits per heavy atom. The van der Waals surface area contributed by atoms with E-state index in [2.05, 4.69) is 23.2 Å². The van der Waals surface area contributed by atoms with Crippen LogP contribution in [0.4, 0.5) is 0 Å². The van der Waals surface area contributed by atoms with Crippen molar-refractivity contribution < 1.29 is 9.53 Å². The second-order valence-corrected chi connectivity index (χ2v) is 8.67. The third-order valence-electron chi connectivity index (χ3n) is 6.00. The number of ether oxygens (including phenoxy) is 1. The lowest BCUT2D eigenvalue weighted by Gasteiger charge is -2.18. The van der Waals surface area contributed by atoms with Crippen LogP contribution in [0.1, 0.15) is 35.6 Å². The quantitative estimate of drug-likeness (QED) is 0.438. The molecule has 0 radical (unpaired) electrons. The lowest BCUT2D eigenvalue weighted by Crippen LogP contribution is -2.31. The van der Waals surface area contributed by atoms with E-state index in [0.717, 1.165) is 24.0 Å². The highest BCUT2D eigenvalue weighted by molar-refractivity contribution is 7.17. The fourth-order valence-electron chi connectivity index (χ4n) is 4.40. The van der Waals surface area contributed by atoms with E-state index in [1.54, 1.807) is 0 Å². The number of hydrogen-bond acceptors (Lipinski definition) is 5. The third kappa shape index (κ3) is 3.47. The molecule has 0 spiro atoms. The molecule has 0 N–H and O–H groups in total. The largest absolute Gasteiger partial charge is 0.467 e. The van der Waals surface area contributed by atoms with E-state index in [0.29, 0.717) is 15.8 Å². The first-order valence-electron chi connectivity index (χ1n) is 10.4. The van der Waals surface area contributed by atoms with Crippen LogP contribution in [0.2, 0.25) is 0 Å². The summed E-state index contributed by atoms with van der Waals surface area (Å²) in [4.78, 5) is 31.5. The molecule has 0 aliphatic heterocycles. The van der Waals surface area contributed by atoms with Gasteiger partial charge in [0, 0.05) is 10.9 Å². The third-order valence-corrected chi connectivity index (χ3v) is 6.88. The zero-order chi connectivity index (χ0) is 21.4. The first-order valence-corrected chi connectivity index (χ1v) is 11.3. The van der Waals surface area contributed by atoms with Gasteiger partial charge in [-0.3, -0.25) is 9.36 Å². The molecule has 1 aliphatic rings. The molecule has 2 aromatic carbocycles. The summed E-state index contributed by atoms with van der Waals surface area (Å²) in [6, 6.07) is 14.8. The number of carbonyl (C=O) groups excluding carboxylic acids is 1. The van der Waals surface area contributed by atoms with Gasteiger partial charge in [-0.15, -0.1) is 11.3 Å². The monoisotopic (exact) mass is 430 g/mol. The number of carbonyl (C=O) groups is 1. The Balaban J connectivity index is 1.68. The number of esters is 1. The van der Waals surface area contributed by atoms with Gasteiger partial charge in [0.15, 0.2) is 6.04 Å². The molecular weight excluding hydrogens is 408 g/mol. The number of nitrogens with zero attached hydrogens (tertiary/aromatic N) is 2. The molecular formula is C25H22N2O3S. The second-order valence-electron chi connectivity index (χ2n) is 7.81. The van der Waals surface area contributed by atoms with E-state index < -0.39 is 12.0 Å². The number of thiophene rings is 1. The zero-order valence-corrected chi connectivity index (χ0v) is 18.0. The van der Waals surface area contributed by atoms with Crippen LogP contribution < -0.4 is 5.56 Å². The fraction of sp³-hybridized carbons (Fsp3) is 0.240. The van der Waals surface area contributed by atoms with E-state index in [1.807, 2.05) is 35.7 Å². The average Bonchev–Trinajstić information content (AvgIpc) is 3.26. The van der Waals surface area contributed by atoms with Gasteiger partial charge in [-0.2, -0.15) is 0 Å². The van der Waals surface area contributed by atoms with Crippen molar-refractivity contribution in [3.05, 3.63) is 87.3 Å². The smallest absolute Gasteiger partial charge is 0.333 e. The van der Waals surface area contributed by atoms with Crippen molar-refractivity contribution in [3.8, 4) is 11.1 Å². The molecule has 4 aromatic rings. The summed E-state index contributed by atoms with van der Waals surface area (Å²) in [7, 11) is 1.33. The van der Waals surface area contributed by atoms with Crippen molar-refractivity contribution in [3.63, 3.8) is 0 Å². The van der Waals surface area contributed by atoms with Crippen molar-refractivity contribution in [2.24, 2.45) is 0 Å². The molecule has 0 saturated carbocycles. The average molecular weight is 431 g/mol.